The van der Waals surface area contributed by atoms with E-state index in [9.17, 15) is 8.42 Å². The second kappa shape index (κ2) is 8.09. The number of hydrogen-bond acceptors (Lipinski definition) is 3. The summed E-state index contributed by atoms with van der Waals surface area (Å²) in [6.45, 7) is 2.96. The number of imidazole rings is 1. The smallest absolute Gasteiger partial charge is 0.261 e. The van der Waals surface area contributed by atoms with Crippen LogP contribution in [0.5, 0.6) is 0 Å². The average Bonchev–Trinajstić information content (AvgIpc) is 3.11. The molecule has 0 bridgehead atoms. The minimum absolute atomic E-state index is 0.252. The fraction of sp³-hybridized carbons (Fsp3) is 0.174. The van der Waals surface area contributed by atoms with Crippen LogP contribution in [0.25, 0.3) is 11.0 Å². The van der Waals surface area contributed by atoms with Gasteiger partial charge in [-0.25, -0.2) is 13.4 Å². The molecule has 0 amide bonds. The molecule has 5 nitrogen and oxygen atoms in total. The maximum Gasteiger partial charge on any atom is 0.261 e. The Morgan fingerprint density at radius 2 is 1.55 bits per heavy atom. The third kappa shape index (κ3) is 4.03. The van der Waals surface area contributed by atoms with Crippen molar-refractivity contribution in [3.63, 3.8) is 0 Å². The van der Waals surface area contributed by atoms with Crippen LogP contribution in [0.15, 0.2) is 83.8 Å². The highest BCUT2D eigenvalue weighted by Crippen LogP contribution is 2.23. The zero-order valence-electron chi connectivity index (χ0n) is 16.2. The molecule has 0 aliphatic rings. The molecule has 1 aromatic heterocycles. The molecule has 0 unspecified atom stereocenters. The molecule has 3 aromatic carbocycles. The lowest BCUT2D eigenvalue weighted by molar-refractivity contribution is 0.601. The van der Waals surface area contributed by atoms with E-state index in [0.29, 0.717) is 12.1 Å². The first-order valence-electron chi connectivity index (χ1n) is 9.68. The van der Waals surface area contributed by atoms with E-state index in [0.717, 1.165) is 35.4 Å². The van der Waals surface area contributed by atoms with Gasteiger partial charge in [0.2, 0.25) is 0 Å². The van der Waals surface area contributed by atoms with Gasteiger partial charge in [-0.3, -0.25) is 4.72 Å². The molecule has 0 radical (unpaired) electrons. The molecule has 148 valence electrons. The number of aromatic nitrogens is 2. The zero-order valence-corrected chi connectivity index (χ0v) is 17.1. The van der Waals surface area contributed by atoms with Gasteiger partial charge in [0.1, 0.15) is 5.82 Å². The molecule has 4 rings (SSSR count). The van der Waals surface area contributed by atoms with Crippen LogP contribution in [0.1, 0.15) is 18.3 Å². The summed E-state index contributed by atoms with van der Waals surface area (Å²) in [5.41, 5.74) is 3.67. The van der Waals surface area contributed by atoms with E-state index in [2.05, 4.69) is 22.3 Å². The van der Waals surface area contributed by atoms with Crippen LogP contribution in [-0.4, -0.2) is 18.0 Å². The molecule has 0 spiro atoms. The minimum atomic E-state index is -3.62. The van der Waals surface area contributed by atoms with Gasteiger partial charge in [-0.2, -0.15) is 0 Å². The molecule has 0 aliphatic carbocycles. The number of anilines is 1. The van der Waals surface area contributed by atoms with Crippen LogP contribution in [-0.2, 0) is 29.4 Å². The van der Waals surface area contributed by atoms with E-state index in [1.54, 1.807) is 36.4 Å². The number of nitrogens with one attached hydrogen (secondary N) is 1. The second-order valence-corrected chi connectivity index (χ2v) is 8.52. The zero-order chi connectivity index (χ0) is 20.3. The molecule has 29 heavy (non-hydrogen) atoms. The number of nitrogens with zero attached hydrogens (tertiary/aromatic N) is 2. The van der Waals surface area contributed by atoms with E-state index in [1.807, 2.05) is 36.4 Å². The quantitative estimate of drug-likeness (QED) is 0.487. The van der Waals surface area contributed by atoms with Crippen LogP contribution in [0.4, 0.5) is 5.69 Å². The topological polar surface area (TPSA) is 64.0 Å². The third-order valence-electron chi connectivity index (χ3n) is 4.98. The molecule has 1 N–H and O–H groups in total. The van der Waals surface area contributed by atoms with Gasteiger partial charge >= 0.3 is 0 Å². The van der Waals surface area contributed by atoms with Gasteiger partial charge in [0.05, 0.1) is 21.6 Å². The Bertz CT molecular complexity index is 1230. The van der Waals surface area contributed by atoms with Crippen molar-refractivity contribution in [2.75, 3.05) is 4.72 Å². The molecule has 0 aliphatic heterocycles. The highest BCUT2D eigenvalue weighted by Gasteiger charge is 2.16. The Hall–Kier alpha value is -3.12. The monoisotopic (exact) mass is 405 g/mol. The van der Waals surface area contributed by atoms with Crippen molar-refractivity contribution in [1.29, 1.82) is 0 Å². The number of para-hydroxylation sites is 3. The second-order valence-electron chi connectivity index (χ2n) is 6.84. The Kier molecular flexibility index (Phi) is 5.36. The highest BCUT2D eigenvalue weighted by molar-refractivity contribution is 7.92. The number of aryl methyl sites for hydroxylation is 3. The van der Waals surface area contributed by atoms with Crippen molar-refractivity contribution in [3.05, 3.63) is 90.3 Å². The van der Waals surface area contributed by atoms with Gasteiger partial charge in [-0.1, -0.05) is 48.5 Å². The summed E-state index contributed by atoms with van der Waals surface area (Å²) >= 11 is 0. The molecule has 6 heteroatoms. The predicted octanol–water partition coefficient (Wildman–Crippen LogP) is 4.64. The van der Waals surface area contributed by atoms with E-state index in [1.165, 1.54) is 0 Å². The predicted molar refractivity (Wildman–Crippen MR) is 117 cm³/mol. The molecule has 0 saturated heterocycles. The summed E-state index contributed by atoms with van der Waals surface area (Å²) in [5.74, 6) is 1.01. The first kappa shape index (κ1) is 19.2. The van der Waals surface area contributed by atoms with Crippen LogP contribution < -0.4 is 4.72 Å². The summed E-state index contributed by atoms with van der Waals surface area (Å²) in [6, 6.07) is 24.1. The number of benzene rings is 3. The average molecular weight is 406 g/mol. The first-order chi connectivity index (χ1) is 14.1. The van der Waals surface area contributed by atoms with E-state index < -0.39 is 10.0 Å². The Morgan fingerprint density at radius 1 is 0.862 bits per heavy atom. The summed E-state index contributed by atoms with van der Waals surface area (Å²) in [6.07, 6.45) is 1.42. The van der Waals surface area contributed by atoms with Gasteiger partial charge in [-0.15, -0.1) is 0 Å². The fourth-order valence-corrected chi connectivity index (χ4v) is 4.68. The Morgan fingerprint density at radius 3 is 2.34 bits per heavy atom. The molecular formula is C23H23N3O2S. The standard InChI is InChI=1S/C23H23N3O2S/c1-2-26-22-15-9-8-14-21(22)24-23(26)17-16-18-10-6-7-13-20(18)25-29(27,28)19-11-4-3-5-12-19/h3-15,25H,2,16-17H2,1H3. The van der Waals surface area contributed by atoms with E-state index >= 15 is 0 Å². The third-order valence-corrected chi connectivity index (χ3v) is 6.36. The van der Waals surface area contributed by atoms with Gasteiger partial charge < -0.3 is 4.57 Å². The van der Waals surface area contributed by atoms with Crippen molar-refractivity contribution in [2.24, 2.45) is 0 Å². The van der Waals surface area contributed by atoms with Crippen LogP contribution in [0.3, 0.4) is 0 Å². The number of rotatable bonds is 7. The molecule has 4 aromatic rings. The van der Waals surface area contributed by atoms with E-state index in [-0.39, 0.29) is 4.90 Å². The lowest BCUT2D eigenvalue weighted by Gasteiger charge is -2.13. The Labute approximate surface area is 171 Å². The molecule has 1 heterocycles. The van der Waals surface area contributed by atoms with Crippen molar-refractivity contribution in [1.82, 2.24) is 9.55 Å². The summed E-state index contributed by atoms with van der Waals surface area (Å²) in [7, 11) is -3.62. The van der Waals surface area contributed by atoms with Crippen molar-refractivity contribution in [3.8, 4) is 0 Å². The SMILES string of the molecule is CCn1c(CCc2ccccc2NS(=O)(=O)c2ccccc2)nc2ccccc21. The number of fused-ring (bicyclic) bond motifs is 1. The highest BCUT2D eigenvalue weighted by atomic mass is 32.2. The molecular weight excluding hydrogens is 382 g/mol. The largest absolute Gasteiger partial charge is 0.328 e. The summed E-state index contributed by atoms with van der Waals surface area (Å²) in [5, 5.41) is 0. The lowest BCUT2D eigenvalue weighted by Crippen LogP contribution is -2.14. The normalized spacial score (nSPS) is 11.6. The number of sulfonamides is 1. The van der Waals surface area contributed by atoms with Crippen molar-refractivity contribution >= 4 is 26.7 Å². The Balaban J connectivity index is 1.58. The molecule has 0 saturated carbocycles. The van der Waals surface area contributed by atoms with Crippen LogP contribution >= 0.6 is 0 Å². The fourth-order valence-electron chi connectivity index (χ4n) is 3.56. The number of hydrogen-bond donors (Lipinski definition) is 1. The maximum atomic E-state index is 12.7. The molecule has 0 fully saturated rings. The first-order valence-corrected chi connectivity index (χ1v) is 11.2. The maximum absolute atomic E-state index is 12.7. The van der Waals surface area contributed by atoms with Gasteiger partial charge in [-0.05, 0) is 49.2 Å². The van der Waals surface area contributed by atoms with Crippen LogP contribution in [0, 0.1) is 0 Å². The minimum Gasteiger partial charge on any atom is -0.328 e. The van der Waals surface area contributed by atoms with E-state index in [4.69, 9.17) is 4.98 Å². The molecule has 0 atom stereocenters. The lowest BCUT2D eigenvalue weighted by atomic mass is 10.1. The van der Waals surface area contributed by atoms with Crippen LogP contribution in [0.2, 0.25) is 0 Å². The van der Waals surface area contributed by atoms with Gasteiger partial charge in [0, 0.05) is 13.0 Å². The van der Waals surface area contributed by atoms with Gasteiger partial charge in [0.25, 0.3) is 10.0 Å². The van der Waals surface area contributed by atoms with Gasteiger partial charge in [0.15, 0.2) is 0 Å². The van der Waals surface area contributed by atoms with Crippen molar-refractivity contribution in [2.45, 2.75) is 31.2 Å². The summed E-state index contributed by atoms with van der Waals surface area (Å²) in [4.78, 5) is 5.03. The summed E-state index contributed by atoms with van der Waals surface area (Å²) < 4.78 is 30.4. The van der Waals surface area contributed by atoms with Crippen molar-refractivity contribution < 1.29 is 8.42 Å².